The quantitative estimate of drug-likeness (QED) is 0.783. The summed E-state index contributed by atoms with van der Waals surface area (Å²) in [5.41, 5.74) is 1.44. The molecule has 0 heterocycles. The van der Waals surface area contributed by atoms with Crippen LogP contribution in [0.3, 0.4) is 0 Å². The van der Waals surface area contributed by atoms with Crippen molar-refractivity contribution in [2.24, 2.45) is 0 Å². The van der Waals surface area contributed by atoms with Crippen LogP contribution in [0.4, 0.5) is 5.69 Å². The van der Waals surface area contributed by atoms with E-state index in [4.69, 9.17) is 5.11 Å². The standard InChI is InChI=1S/C16H15NO4/c18-14(10-11-4-2-1-3-5-11)15(19)17-13-8-6-12(7-9-13)16(20)21/h1-9,14,18H,10H2,(H,17,19)(H,20,21). The Bertz CT molecular complexity index is 622. The van der Waals surface area contributed by atoms with Gasteiger partial charge in [0.2, 0.25) is 0 Å². The highest BCUT2D eigenvalue weighted by atomic mass is 16.4. The Kier molecular flexibility index (Phi) is 4.68. The lowest BCUT2D eigenvalue weighted by Gasteiger charge is -2.11. The summed E-state index contributed by atoms with van der Waals surface area (Å²) in [4.78, 5) is 22.6. The van der Waals surface area contributed by atoms with Crippen molar-refractivity contribution in [2.75, 3.05) is 5.32 Å². The summed E-state index contributed by atoms with van der Waals surface area (Å²) in [7, 11) is 0. The molecular formula is C16H15NO4. The lowest BCUT2D eigenvalue weighted by atomic mass is 10.1. The molecule has 0 radical (unpaired) electrons. The monoisotopic (exact) mass is 285 g/mol. The SMILES string of the molecule is O=C(O)c1ccc(NC(=O)C(O)Cc2ccccc2)cc1. The molecule has 21 heavy (non-hydrogen) atoms. The van der Waals surface area contributed by atoms with Gasteiger partial charge in [0.15, 0.2) is 0 Å². The lowest BCUT2D eigenvalue weighted by molar-refractivity contribution is -0.123. The first-order chi connectivity index (χ1) is 10.1. The zero-order chi connectivity index (χ0) is 15.2. The molecule has 1 atom stereocenters. The zero-order valence-electron chi connectivity index (χ0n) is 11.2. The molecule has 0 aliphatic heterocycles. The summed E-state index contributed by atoms with van der Waals surface area (Å²) in [6, 6.07) is 14.9. The number of carboxylic acids is 1. The summed E-state index contributed by atoms with van der Waals surface area (Å²) in [6.45, 7) is 0. The number of carboxylic acid groups (broad SMARTS) is 1. The Balaban J connectivity index is 1.95. The predicted molar refractivity (Wildman–Crippen MR) is 78.2 cm³/mol. The maximum atomic E-state index is 11.9. The number of carbonyl (C=O) groups excluding carboxylic acids is 1. The first kappa shape index (κ1) is 14.7. The molecule has 2 rings (SSSR count). The van der Waals surface area contributed by atoms with E-state index in [1.165, 1.54) is 24.3 Å². The van der Waals surface area contributed by atoms with Gasteiger partial charge in [0, 0.05) is 12.1 Å². The van der Waals surface area contributed by atoms with E-state index in [-0.39, 0.29) is 12.0 Å². The number of anilines is 1. The average molecular weight is 285 g/mol. The maximum Gasteiger partial charge on any atom is 0.335 e. The van der Waals surface area contributed by atoms with Gasteiger partial charge in [0.25, 0.3) is 5.91 Å². The van der Waals surface area contributed by atoms with Crippen molar-refractivity contribution in [1.82, 2.24) is 0 Å². The van der Waals surface area contributed by atoms with Gasteiger partial charge in [-0.2, -0.15) is 0 Å². The van der Waals surface area contributed by atoms with E-state index in [1.54, 1.807) is 0 Å². The van der Waals surface area contributed by atoms with Crippen molar-refractivity contribution in [1.29, 1.82) is 0 Å². The number of carbonyl (C=O) groups is 2. The molecule has 1 amide bonds. The highest BCUT2D eigenvalue weighted by Crippen LogP contribution is 2.11. The van der Waals surface area contributed by atoms with Gasteiger partial charge in [-0.1, -0.05) is 30.3 Å². The number of hydrogen-bond acceptors (Lipinski definition) is 3. The smallest absolute Gasteiger partial charge is 0.335 e. The second-order valence-electron chi connectivity index (χ2n) is 4.58. The number of aliphatic hydroxyl groups is 1. The average Bonchev–Trinajstić information content (AvgIpc) is 2.48. The lowest BCUT2D eigenvalue weighted by Crippen LogP contribution is -2.29. The van der Waals surface area contributed by atoms with Gasteiger partial charge in [-0.3, -0.25) is 4.79 Å². The van der Waals surface area contributed by atoms with Crippen molar-refractivity contribution in [3.8, 4) is 0 Å². The van der Waals surface area contributed by atoms with Crippen molar-refractivity contribution >= 4 is 17.6 Å². The van der Waals surface area contributed by atoms with E-state index >= 15 is 0 Å². The molecule has 0 bridgehead atoms. The van der Waals surface area contributed by atoms with E-state index in [9.17, 15) is 14.7 Å². The van der Waals surface area contributed by atoms with E-state index in [1.807, 2.05) is 30.3 Å². The minimum Gasteiger partial charge on any atom is -0.478 e. The predicted octanol–water partition coefficient (Wildman–Crippen LogP) is 1.93. The molecule has 108 valence electrons. The zero-order valence-corrected chi connectivity index (χ0v) is 11.2. The third kappa shape index (κ3) is 4.15. The third-order valence-electron chi connectivity index (χ3n) is 2.97. The highest BCUT2D eigenvalue weighted by Gasteiger charge is 2.15. The molecule has 0 saturated heterocycles. The fraction of sp³-hybridized carbons (Fsp3) is 0.125. The van der Waals surface area contributed by atoms with Gasteiger partial charge in [-0.25, -0.2) is 4.79 Å². The number of nitrogens with one attached hydrogen (secondary N) is 1. The molecule has 0 spiro atoms. The Morgan fingerprint density at radius 3 is 2.19 bits per heavy atom. The summed E-state index contributed by atoms with van der Waals surface area (Å²) in [6.07, 6.45) is -0.938. The van der Waals surface area contributed by atoms with Gasteiger partial charge in [-0.15, -0.1) is 0 Å². The van der Waals surface area contributed by atoms with Crippen LogP contribution < -0.4 is 5.32 Å². The van der Waals surface area contributed by atoms with Crippen LogP contribution in [0.5, 0.6) is 0 Å². The van der Waals surface area contributed by atoms with E-state index in [0.29, 0.717) is 5.69 Å². The van der Waals surface area contributed by atoms with E-state index in [2.05, 4.69) is 5.32 Å². The number of amides is 1. The maximum absolute atomic E-state index is 11.9. The van der Waals surface area contributed by atoms with Gasteiger partial charge in [0.05, 0.1) is 5.56 Å². The molecule has 0 aromatic heterocycles. The Hall–Kier alpha value is -2.66. The Morgan fingerprint density at radius 1 is 1.00 bits per heavy atom. The highest BCUT2D eigenvalue weighted by molar-refractivity contribution is 5.95. The van der Waals surface area contributed by atoms with Crippen LogP contribution in [0.1, 0.15) is 15.9 Å². The van der Waals surface area contributed by atoms with Gasteiger partial charge in [-0.05, 0) is 29.8 Å². The summed E-state index contributed by atoms with van der Waals surface area (Å²) >= 11 is 0. The minimum atomic E-state index is -1.16. The molecule has 3 N–H and O–H groups in total. The van der Waals surface area contributed by atoms with Crippen molar-refractivity contribution in [3.05, 3.63) is 65.7 Å². The van der Waals surface area contributed by atoms with Crippen LogP contribution in [0.25, 0.3) is 0 Å². The number of hydrogen-bond donors (Lipinski definition) is 3. The summed E-state index contributed by atoms with van der Waals surface area (Å²) in [5.74, 6) is -1.56. The molecule has 0 aliphatic rings. The number of aromatic carboxylic acids is 1. The fourth-order valence-electron chi connectivity index (χ4n) is 1.85. The first-order valence-corrected chi connectivity index (χ1v) is 6.42. The Labute approximate surface area is 121 Å². The fourth-order valence-corrected chi connectivity index (χ4v) is 1.85. The van der Waals surface area contributed by atoms with E-state index in [0.717, 1.165) is 5.56 Å². The molecule has 1 unspecified atom stereocenters. The molecule has 0 aliphatic carbocycles. The molecular weight excluding hydrogens is 270 g/mol. The molecule has 0 fully saturated rings. The van der Waals surface area contributed by atoms with Crippen molar-refractivity contribution in [2.45, 2.75) is 12.5 Å². The second-order valence-corrected chi connectivity index (χ2v) is 4.58. The molecule has 2 aromatic rings. The number of benzene rings is 2. The van der Waals surface area contributed by atoms with Gasteiger partial charge >= 0.3 is 5.97 Å². The van der Waals surface area contributed by atoms with Crippen LogP contribution in [0, 0.1) is 0 Å². The van der Waals surface area contributed by atoms with Gasteiger partial charge < -0.3 is 15.5 Å². The van der Waals surface area contributed by atoms with Crippen LogP contribution >= 0.6 is 0 Å². The summed E-state index contributed by atoms with van der Waals surface area (Å²) < 4.78 is 0. The van der Waals surface area contributed by atoms with Crippen LogP contribution in [0.15, 0.2) is 54.6 Å². The normalized spacial score (nSPS) is 11.7. The van der Waals surface area contributed by atoms with Crippen LogP contribution in [-0.4, -0.2) is 28.2 Å². The van der Waals surface area contributed by atoms with E-state index < -0.39 is 18.0 Å². The molecule has 5 nitrogen and oxygen atoms in total. The van der Waals surface area contributed by atoms with Gasteiger partial charge in [0.1, 0.15) is 6.10 Å². The topological polar surface area (TPSA) is 86.6 Å². The summed E-state index contributed by atoms with van der Waals surface area (Å²) in [5, 5.41) is 21.2. The second kappa shape index (κ2) is 6.67. The number of aliphatic hydroxyl groups excluding tert-OH is 1. The molecule has 5 heteroatoms. The van der Waals surface area contributed by atoms with Crippen LogP contribution in [0.2, 0.25) is 0 Å². The van der Waals surface area contributed by atoms with Crippen molar-refractivity contribution < 1.29 is 19.8 Å². The Morgan fingerprint density at radius 2 is 1.62 bits per heavy atom. The third-order valence-corrected chi connectivity index (χ3v) is 2.97. The number of rotatable bonds is 5. The van der Waals surface area contributed by atoms with Crippen molar-refractivity contribution in [3.63, 3.8) is 0 Å². The molecule has 2 aromatic carbocycles. The first-order valence-electron chi connectivity index (χ1n) is 6.42. The largest absolute Gasteiger partial charge is 0.478 e. The minimum absolute atomic E-state index is 0.137. The van der Waals surface area contributed by atoms with Crippen LogP contribution in [-0.2, 0) is 11.2 Å². The molecule has 0 saturated carbocycles.